The van der Waals surface area contributed by atoms with E-state index in [0.717, 1.165) is 10.4 Å². The highest BCUT2D eigenvalue weighted by atomic mass is 35.5. The zero-order chi connectivity index (χ0) is 24.6. The molecule has 0 atom stereocenters. The lowest BCUT2D eigenvalue weighted by atomic mass is 10.2. The zero-order valence-corrected chi connectivity index (χ0v) is 20.4. The maximum absolute atomic E-state index is 13.4. The molecule has 1 amide bonds. The summed E-state index contributed by atoms with van der Waals surface area (Å²) in [7, 11) is -2.57. The molecule has 178 valence electrons. The van der Waals surface area contributed by atoms with E-state index in [0.29, 0.717) is 24.5 Å². The molecule has 0 aromatic heterocycles. The van der Waals surface area contributed by atoms with Crippen molar-refractivity contribution in [3.8, 4) is 5.75 Å². The van der Waals surface area contributed by atoms with Crippen molar-refractivity contribution in [3.63, 3.8) is 0 Å². The summed E-state index contributed by atoms with van der Waals surface area (Å²) < 4.78 is 38.1. The zero-order valence-electron chi connectivity index (χ0n) is 18.8. The Balaban J connectivity index is 2.34. The summed E-state index contributed by atoms with van der Waals surface area (Å²) in [6, 6.07) is 10.2. The van der Waals surface area contributed by atoms with Crippen LogP contribution in [0.15, 0.2) is 60.0 Å². The predicted molar refractivity (Wildman–Crippen MR) is 127 cm³/mol. The lowest BCUT2D eigenvalue weighted by Crippen LogP contribution is -2.34. The summed E-state index contributed by atoms with van der Waals surface area (Å²) in [5.41, 5.74) is 0.234. The van der Waals surface area contributed by atoms with E-state index < -0.39 is 22.6 Å². The smallest absolute Gasteiger partial charge is 0.340 e. The van der Waals surface area contributed by atoms with E-state index in [1.54, 1.807) is 24.3 Å². The van der Waals surface area contributed by atoms with Gasteiger partial charge in [0.05, 0.1) is 34.8 Å². The van der Waals surface area contributed by atoms with Crippen LogP contribution in [0.5, 0.6) is 5.75 Å². The van der Waals surface area contributed by atoms with Gasteiger partial charge in [-0.1, -0.05) is 17.7 Å². The summed E-state index contributed by atoms with van der Waals surface area (Å²) in [6.45, 7) is 7.74. The van der Waals surface area contributed by atoms with E-state index in [4.69, 9.17) is 21.1 Å². The summed E-state index contributed by atoms with van der Waals surface area (Å²) in [5.74, 6) is -0.673. The van der Waals surface area contributed by atoms with Crippen molar-refractivity contribution in [2.75, 3.05) is 37.7 Å². The number of ether oxygens (including phenoxy) is 2. The van der Waals surface area contributed by atoms with Crippen molar-refractivity contribution in [1.82, 2.24) is 4.90 Å². The number of anilines is 1. The van der Waals surface area contributed by atoms with Crippen molar-refractivity contribution in [3.05, 3.63) is 65.7 Å². The second-order valence-corrected chi connectivity index (χ2v) is 9.08. The van der Waals surface area contributed by atoms with Gasteiger partial charge in [0.15, 0.2) is 6.61 Å². The van der Waals surface area contributed by atoms with Crippen LogP contribution >= 0.6 is 11.6 Å². The molecule has 0 aliphatic rings. The minimum absolute atomic E-state index is 0.00452. The molecule has 2 rings (SSSR count). The molecule has 0 unspecified atom stereocenters. The Morgan fingerprint density at radius 2 is 1.73 bits per heavy atom. The molecule has 33 heavy (non-hydrogen) atoms. The molecule has 2 aromatic rings. The standard InChI is InChI=1S/C23H27ClN2O6S/c1-5-14-26(17-8-10-18(31-4)11-9-17)33(29,30)19-12-13-21(24)20(15-19)23(28)32-16-22(27)25(6-2)7-3/h5,8-13,15H,1,6-7,14,16H2,2-4H3. The van der Waals surface area contributed by atoms with E-state index in [1.165, 1.54) is 30.2 Å². The molecule has 0 bridgehead atoms. The average Bonchev–Trinajstić information content (AvgIpc) is 2.82. The van der Waals surface area contributed by atoms with Crippen molar-refractivity contribution >= 4 is 39.2 Å². The number of nitrogens with zero attached hydrogens (tertiary/aromatic N) is 2. The number of sulfonamides is 1. The van der Waals surface area contributed by atoms with Gasteiger partial charge in [0.1, 0.15) is 5.75 Å². The van der Waals surface area contributed by atoms with E-state index in [1.807, 2.05) is 13.8 Å². The SMILES string of the molecule is C=CCN(c1ccc(OC)cc1)S(=O)(=O)c1ccc(Cl)c(C(=O)OCC(=O)N(CC)CC)c1. The lowest BCUT2D eigenvalue weighted by Gasteiger charge is -2.23. The van der Waals surface area contributed by atoms with Gasteiger partial charge in [-0.3, -0.25) is 9.10 Å². The van der Waals surface area contributed by atoms with Crippen LogP contribution in [-0.2, 0) is 19.6 Å². The number of carbonyl (C=O) groups is 2. The number of hydrogen-bond acceptors (Lipinski definition) is 6. The number of halogens is 1. The number of rotatable bonds is 11. The third-order valence-electron chi connectivity index (χ3n) is 4.84. The van der Waals surface area contributed by atoms with E-state index in [-0.39, 0.29) is 27.9 Å². The molecule has 0 fully saturated rings. The van der Waals surface area contributed by atoms with Crippen LogP contribution in [-0.4, -0.2) is 58.5 Å². The summed E-state index contributed by atoms with van der Waals surface area (Å²) in [6.07, 6.45) is 1.45. The van der Waals surface area contributed by atoms with Crippen LogP contribution in [0.1, 0.15) is 24.2 Å². The number of esters is 1. The second kappa shape index (κ2) is 11.7. The van der Waals surface area contributed by atoms with Gasteiger partial charge in [0.2, 0.25) is 0 Å². The minimum Gasteiger partial charge on any atom is -0.497 e. The molecule has 0 spiro atoms. The number of hydrogen-bond donors (Lipinski definition) is 0. The summed E-state index contributed by atoms with van der Waals surface area (Å²) in [4.78, 5) is 26.0. The molecule has 0 radical (unpaired) electrons. The first kappa shape index (κ1) is 26.2. The molecule has 8 nitrogen and oxygen atoms in total. The Morgan fingerprint density at radius 3 is 2.27 bits per heavy atom. The van der Waals surface area contributed by atoms with E-state index >= 15 is 0 Å². The molecule has 10 heteroatoms. The number of methoxy groups -OCH3 is 1. The summed E-state index contributed by atoms with van der Waals surface area (Å²) >= 11 is 6.13. The fraction of sp³-hybridized carbons (Fsp3) is 0.304. The van der Waals surface area contributed by atoms with Crippen LogP contribution < -0.4 is 9.04 Å². The lowest BCUT2D eigenvalue weighted by molar-refractivity contribution is -0.134. The fourth-order valence-electron chi connectivity index (χ4n) is 3.03. The molecule has 0 saturated heterocycles. The highest BCUT2D eigenvalue weighted by Gasteiger charge is 2.26. The van der Waals surface area contributed by atoms with Gasteiger partial charge in [-0.2, -0.15) is 0 Å². The van der Waals surface area contributed by atoms with Crippen molar-refractivity contribution in [2.45, 2.75) is 18.7 Å². The Morgan fingerprint density at radius 1 is 1.09 bits per heavy atom. The normalized spacial score (nSPS) is 10.9. The van der Waals surface area contributed by atoms with Crippen molar-refractivity contribution in [2.24, 2.45) is 0 Å². The van der Waals surface area contributed by atoms with Crippen molar-refractivity contribution < 1.29 is 27.5 Å². The van der Waals surface area contributed by atoms with Crippen molar-refractivity contribution in [1.29, 1.82) is 0 Å². The van der Waals surface area contributed by atoms with E-state index in [9.17, 15) is 18.0 Å². The molecule has 0 N–H and O–H groups in total. The first-order valence-corrected chi connectivity index (χ1v) is 12.0. The van der Waals surface area contributed by atoms with Crippen LogP contribution in [0.4, 0.5) is 5.69 Å². The molecule has 0 saturated carbocycles. The molecular weight excluding hydrogens is 468 g/mol. The number of likely N-dealkylation sites (N-methyl/N-ethyl adjacent to an activating group) is 1. The van der Waals surface area contributed by atoms with Gasteiger partial charge < -0.3 is 14.4 Å². The highest BCUT2D eigenvalue weighted by Crippen LogP contribution is 2.28. The van der Waals surface area contributed by atoms with Gasteiger partial charge in [-0.05, 0) is 56.3 Å². The Hall–Kier alpha value is -3.04. The largest absolute Gasteiger partial charge is 0.497 e. The third-order valence-corrected chi connectivity index (χ3v) is 6.96. The van der Waals surface area contributed by atoms with Crippen LogP contribution in [0.3, 0.4) is 0 Å². The Labute approximate surface area is 199 Å². The molecule has 0 aliphatic carbocycles. The minimum atomic E-state index is -4.08. The first-order chi connectivity index (χ1) is 15.7. The first-order valence-electron chi connectivity index (χ1n) is 10.2. The predicted octanol–water partition coefficient (Wildman–Crippen LogP) is 3.76. The quantitative estimate of drug-likeness (QED) is 0.349. The second-order valence-electron chi connectivity index (χ2n) is 6.81. The number of benzene rings is 2. The average molecular weight is 495 g/mol. The van der Waals surface area contributed by atoms with Crippen LogP contribution in [0.25, 0.3) is 0 Å². The van der Waals surface area contributed by atoms with Gasteiger partial charge in [-0.15, -0.1) is 6.58 Å². The third kappa shape index (κ3) is 6.27. The van der Waals surface area contributed by atoms with Gasteiger partial charge in [0.25, 0.3) is 15.9 Å². The monoisotopic (exact) mass is 494 g/mol. The maximum Gasteiger partial charge on any atom is 0.340 e. The van der Waals surface area contributed by atoms with Crippen LogP contribution in [0, 0.1) is 0 Å². The Bertz CT molecular complexity index is 1100. The molecule has 0 heterocycles. The summed E-state index contributed by atoms with van der Waals surface area (Å²) in [5, 5.41) is 0.00829. The number of amides is 1. The molecule has 2 aromatic carbocycles. The Kier molecular flexibility index (Phi) is 9.31. The van der Waals surface area contributed by atoms with Gasteiger partial charge in [-0.25, -0.2) is 13.2 Å². The van der Waals surface area contributed by atoms with Gasteiger partial charge in [0, 0.05) is 13.1 Å². The number of carbonyl (C=O) groups excluding carboxylic acids is 2. The highest BCUT2D eigenvalue weighted by molar-refractivity contribution is 7.92. The fourth-order valence-corrected chi connectivity index (χ4v) is 4.69. The maximum atomic E-state index is 13.4. The molecule has 0 aliphatic heterocycles. The molecular formula is C23H27ClN2O6S. The topological polar surface area (TPSA) is 93.2 Å². The van der Waals surface area contributed by atoms with E-state index in [2.05, 4.69) is 6.58 Å². The van der Waals surface area contributed by atoms with Crippen LogP contribution in [0.2, 0.25) is 5.02 Å². The van der Waals surface area contributed by atoms with Gasteiger partial charge >= 0.3 is 5.97 Å².